The first-order valence-corrected chi connectivity index (χ1v) is 33.1. The standard InChI is InChI=1S/C90H60N4O3/c1-53-18-12-26-61(40-53)77-33-17-34-78(93-77)63-45-75-76-49-67(94(65-27-6-5-7-28-65)66-29-15-24-58(43-66)59-36-37-72-71-31-10-11-35-79(71)95-80(72)46-59)50-83-85(76)84-74(73-39-38-70(88-87(73)86(75)82(48-63)97-88)64-51-91-89(92-52-64)90(2,3)4)44-62(47-81(84)96-83)57-23-13-21-55(41-57)56-22-14-25-60(42-56)69-32-16-20-54-19-8-9-30-68(54)69/h5-52H,1-4H3. The Morgan fingerprint density at radius 3 is 1.66 bits per heavy atom. The van der Waals surface area contributed by atoms with Crippen molar-refractivity contribution in [1.82, 2.24) is 15.0 Å². The van der Waals surface area contributed by atoms with Crippen LogP contribution in [0.4, 0.5) is 17.1 Å². The Morgan fingerprint density at radius 2 is 0.845 bits per heavy atom. The van der Waals surface area contributed by atoms with E-state index in [0.717, 1.165) is 177 Å². The SMILES string of the molecule is Cc1cccc(-c2cccc(-c3cc4oc5c(-c6cnc(C(C)(C)C)nc6)ccc6c7cc(-c8cccc(-c9cccc(-c%10cccc%11ccccc%10%11)c9)c8)cc8oc9cc(N(c%10ccccc%10)c%10cccc(-c%11ccc%12c(c%11)oc%11ccccc%11%12)c%10)cc(c(c3)c4c56)c9c87)n2)c1. The Kier molecular flexibility index (Phi) is 12.6. The first-order valence-electron chi connectivity index (χ1n) is 33.1. The molecule has 14 aromatic carbocycles. The summed E-state index contributed by atoms with van der Waals surface area (Å²) < 4.78 is 21.6. The molecule has 0 bridgehead atoms. The zero-order valence-corrected chi connectivity index (χ0v) is 53.7. The highest BCUT2D eigenvalue weighted by Gasteiger charge is 2.27. The molecule has 0 amide bonds. The predicted molar refractivity (Wildman–Crippen MR) is 402 cm³/mol. The number of nitrogens with zero attached hydrogens (tertiary/aromatic N) is 4. The molecule has 7 nitrogen and oxygen atoms in total. The van der Waals surface area contributed by atoms with Gasteiger partial charge in [0.05, 0.1) is 17.1 Å². The lowest BCUT2D eigenvalue weighted by Gasteiger charge is -2.26. The second-order valence-electron chi connectivity index (χ2n) is 26.8. The number of para-hydroxylation sites is 2. The fourth-order valence-corrected chi connectivity index (χ4v) is 14.9. The molecule has 19 rings (SSSR count). The van der Waals surface area contributed by atoms with Gasteiger partial charge in [0.1, 0.15) is 39.3 Å². The molecule has 458 valence electrons. The molecule has 7 heteroatoms. The number of rotatable bonds is 10. The summed E-state index contributed by atoms with van der Waals surface area (Å²) in [5, 5.41) is 12.7. The van der Waals surface area contributed by atoms with Gasteiger partial charge in [-0.1, -0.05) is 190 Å². The summed E-state index contributed by atoms with van der Waals surface area (Å²) in [5.41, 5.74) is 22.8. The summed E-state index contributed by atoms with van der Waals surface area (Å²) in [4.78, 5) is 17.8. The van der Waals surface area contributed by atoms with E-state index in [4.69, 9.17) is 28.2 Å². The summed E-state index contributed by atoms with van der Waals surface area (Å²) in [6, 6.07) is 100. The lowest BCUT2D eigenvalue weighted by molar-refractivity contribution is 0.545. The fraction of sp³-hybridized carbons (Fsp3) is 0.0556. The van der Waals surface area contributed by atoms with Crippen LogP contribution in [-0.4, -0.2) is 15.0 Å². The van der Waals surface area contributed by atoms with Gasteiger partial charge in [-0.2, -0.15) is 0 Å². The third kappa shape index (κ3) is 9.37. The number of fused-ring (bicyclic) bond motifs is 6. The van der Waals surface area contributed by atoms with Crippen LogP contribution in [0.15, 0.2) is 305 Å². The lowest BCUT2D eigenvalue weighted by atomic mass is 9.89. The van der Waals surface area contributed by atoms with Crippen molar-refractivity contribution in [1.29, 1.82) is 0 Å². The number of aromatic nitrogens is 3. The highest BCUT2D eigenvalue weighted by atomic mass is 16.3. The van der Waals surface area contributed by atoms with Crippen LogP contribution in [0.5, 0.6) is 0 Å². The summed E-state index contributed by atoms with van der Waals surface area (Å²) in [6.45, 7) is 8.55. The molecule has 0 saturated carbocycles. The maximum Gasteiger partial charge on any atom is 0.144 e. The van der Waals surface area contributed by atoms with Crippen LogP contribution in [0.2, 0.25) is 0 Å². The zero-order chi connectivity index (χ0) is 64.6. The molecule has 0 fully saturated rings. The van der Waals surface area contributed by atoms with Crippen LogP contribution in [-0.2, 0) is 5.41 Å². The Morgan fingerprint density at radius 1 is 0.299 bits per heavy atom. The second-order valence-corrected chi connectivity index (χ2v) is 26.8. The van der Waals surface area contributed by atoms with Gasteiger partial charge >= 0.3 is 0 Å². The number of hydrogen-bond donors (Lipinski definition) is 0. The molecule has 0 atom stereocenters. The van der Waals surface area contributed by atoms with E-state index in [9.17, 15) is 0 Å². The van der Waals surface area contributed by atoms with Gasteiger partial charge in [0.2, 0.25) is 0 Å². The molecule has 0 aliphatic heterocycles. The quantitative estimate of drug-likeness (QED) is 0.135. The van der Waals surface area contributed by atoms with Crippen molar-refractivity contribution in [2.24, 2.45) is 0 Å². The van der Waals surface area contributed by atoms with E-state index in [1.165, 1.54) is 27.5 Å². The number of aryl methyl sites for hydroxylation is 1. The molecule has 0 unspecified atom stereocenters. The van der Waals surface area contributed by atoms with Gasteiger partial charge in [-0.05, 0) is 193 Å². The predicted octanol–water partition coefficient (Wildman–Crippen LogP) is 25.2. The Bertz CT molecular complexity index is 6380. The van der Waals surface area contributed by atoms with Crippen LogP contribution in [0.1, 0.15) is 32.2 Å². The van der Waals surface area contributed by atoms with Gasteiger partial charge in [0, 0.05) is 89.8 Å². The Labute approximate surface area is 559 Å². The molecular weight excluding hydrogens is 1190 g/mol. The van der Waals surface area contributed by atoms with E-state index in [0.29, 0.717) is 0 Å². The molecule has 19 aromatic rings. The number of hydrogen-bond acceptors (Lipinski definition) is 7. The van der Waals surface area contributed by atoms with Crippen LogP contribution in [0.3, 0.4) is 0 Å². The summed E-state index contributed by atoms with van der Waals surface area (Å²) in [6.07, 6.45) is 3.90. The first kappa shape index (κ1) is 56.1. The van der Waals surface area contributed by atoms with Crippen molar-refractivity contribution in [3.8, 4) is 78.1 Å². The number of benzene rings is 13. The molecule has 5 heterocycles. The molecule has 5 aromatic heterocycles. The molecule has 97 heavy (non-hydrogen) atoms. The van der Waals surface area contributed by atoms with Crippen molar-refractivity contribution in [2.75, 3.05) is 4.90 Å². The van der Waals surface area contributed by atoms with Gasteiger partial charge < -0.3 is 18.2 Å². The molecule has 0 aliphatic carbocycles. The monoisotopic (exact) mass is 1240 g/mol. The minimum absolute atomic E-state index is 0.242. The van der Waals surface area contributed by atoms with Crippen molar-refractivity contribution in [3.05, 3.63) is 303 Å². The molecule has 0 spiro atoms. The topological polar surface area (TPSA) is 81.3 Å². The smallest absolute Gasteiger partial charge is 0.144 e. The maximum absolute atomic E-state index is 7.56. The summed E-state index contributed by atoms with van der Waals surface area (Å²) in [7, 11) is 0. The van der Waals surface area contributed by atoms with E-state index in [1.54, 1.807) is 0 Å². The molecule has 0 radical (unpaired) electrons. The van der Waals surface area contributed by atoms with E-state index in [-0.39, 0.29) is 5.41 Å². The van der Waals surface area contributed by atoms with Gasteiger partial charge in [-0.25, -0.2) is 15.0 Å². The van der Waals surface area contributed by atoms with Gasteiger partial charge in [0.15, 0.2) is 0 Å². The average molecular weight is 1250 g/mol. The average Bonchev–Trinajstić information content (AvgIpc) is 1.57. The lowest BCUT2D eigenvalue weighted by Crippen LogP contribution is -2.15. The van der Waals surface area contributed by atoms with Crippen molar-refractivity contribution >= 4 is 115 Å². The number of pyridine rings is 1. The van der Waals surface area contributed by atoms with Crippen LogP contribution in [0.25, 0.3) is 176 Å². The zero-order valence-electron chi connectivity index (χ0n) is 53.7. The summed E-state index contributed by atoms with van der Waals surface area (Å²) in [5.74, 6) is 0.771. The molecular formula is C90H60N4O3. The minimum Gasteiger partial charge on any atom is -0.456 e. The van der Waals surface area contributed by atoms with Crippen molar-refractivity contribution in [3.63, 3.8) is 0 Å². The van der Waals surface area contributed by atoms with E-state index >= 15 is 0 Å². The van der Waals surface area contributed by atoms with E-state index < -0.39 is 0 Å². The first-order chi connectivity index (χ1) is 47.6. The van der Waals surface area contributed by atoms with Gasteiger partial charge in [-0.15, -0.1) is 0 Å². The third-order valence-corrected chi connectivity index (χ3v) is 19.5. The Balaban J connectivity index is 0.884. The highest BCUT2D eigenvalue weighted by molar-refractivity contribution is 6.38. The molecule has 0 saturated heterocycles. The fourth-order valence-electron chi connectivity index (χ4n) is 14.9. The molecule has 0 aliphatic rings. The third-order valence-electron chi connectivity index (χ3n) is 19.5. The highest BCUT2D eigenvalue weighted by Crippen LogP contribution is 2.52. The van der Waals surface area contributed by atoms with E-state index in [1.807, 2.05) is 24.5 Å². The number of furan rings is 3. The van der Waals surface area contributed by atoms with Gasteiger partial charge in [0.25, 0.3) is 0 Å². The van der Waals surface area contributed by atoms with Crippen LogP contribution >= 0.6 is 0 Å². The van der Waals surface area contributed by atoms with Crippen LogP contribution < -0.4 is 4.90 Å². The Hall–Kier alpha value is -12.5. The number of anilines is 3. The van der Waals surface area contributed by atoms with Crippen LogP contribution in [0, 0.1) is 6.92 Å². The van der Waals surface area contributed by atoms with E-state index in [2.05, 4.69) is 300 Å². The summed E-state index contributed by atoms with van der Waals surface area (Å²) >= 11 is 0. The molecule has 0 N–H and O–H groups in total. The van der Waals surface area contributed by atoms with Crippen molar-refractivity contribution < 1.29 is 13.3 Å². The van der Waals surface area contributed by atoms with Gasteiger partial charge in [-0.3, -0.25) is 0 Å². The maximum atomic E-state index is 7.56. The normalized spacial score (nSPS) is 12.1. The minimum atomic E-state index is -0.242. The van der Waals surface area contributed by atoms with Crippen molar-refractivity contribution in [2.45, 2.75) is 33.1 Å². The second kappa shape index (κ2) is 21.8. The largest absolute Gasteiger partial charge is 0.456 e.